The number of allylic oxidation sites excluding steroid dienone is 1. The summed E-state index contributed by atoms with van der Waals surface area (Å²) in [5, 5.41) is 3.62. The molecule has 0 amide bonds. The zero-order valence-corrected chi connectivity index (χ0v) is 12.5. The van der Waals surface area contributed by atoms with Crippen LogP contribution in [0.25, 0.3) is 0 Å². The predicted molar refractivity (Wildman–Crippen MR) is 82.1 cm³/mol. The fraction of sp³-hybridized carbons (Fsp3) is 0.467. The first-order valence-electron chi connectivity index (χ1n) is 6.49. The van der Waals surface area contributed by atoms with E-state index in [2.05, 4.69) is 65.2 Å². The summed E-state index contributed by atoms with van der Waals surface area (Å²) in [7, 11) is 0. The van der Waals surface area contributed by atoms with E-state index >= 15 is 0 Å². The van der Waals surface area contributed by atoms with Gasteiger partial charge in [0.2, 0.25) is 0 Å². The Bertz CT molecular complexity index is 398. The van der Waals surface area contributed by atoms with Crippen molar-refractivity contribution in [1.29, 1.82) is 0 Å². The molecule has 2 heteroatoms. The van der Waals surface area contributed by atoms with Crippen LogP contribution in [-0.4, -0.2) is 6.54 Å². The van der Waals surface area contributed by atoms with Crippen LogP contribution in [0, 0.1) is 3.57 Å². The molecule has 1 aliphatic rings. The van der Waals surface area contributed by atoms with E-state index in [0.29, 0.717) is 6.04 Å². The largest absolute Gasteiger partial charge is 0.307 e. The van der Waals surface area contributed by atoms with Gasteiger partial charge in [-0.05, 0) is 72.5 Å². The zero-order valence-electron chi connectivity index (χ0n) is 10.4. The van der Waals surface area contributed by atoms with E-state index in [1.165, 1.54) is 34.8 Å². The van der Waals surface area contributed by atoms with E-state index in [0.717, 1.165) is 6.54 Å². The van der Waals surface area contributed by atoms with Crippen molar-refractivity contribution in [2.75, 3.05) is 6.54 Å². The normalized spacial score (nSPS) is 17.6. The number of rotatable bonds is 4. The van der Waals surface area contributed by atoms with Crippen molar-refractivity contribution in [3.05, 3.63) is 45.0 Å². The minimum atomic E-state index is 0.426. The second-order valence-electron chi connectivity index (χ2n) is 4.57. The molecule has 1 atom stereocenters. The Kier molecular flexibility index (Phi) is 5.04. The van der Waals surface area contributed by atoms with Crippen LogP contribution in [0.15, 0.2) is 35.9 Å². The van der Waals surface area contributed by atoms with Crippen molar-refractivity contribution in [2.45, 2.75) is 38.6 Å². The molecular weight excluding hydrogens is 321 g/mol. The molecule has 0 radical (unpaired) electrons. The third kappa shape index (κ3) is 3.55. The van der Waals surface area contributed by atoms with E-state index in [1.807, 2.05) is 0 Å². The molecule has 0 saturated carbocycles. The van der Waals surface area contributed by atoms with Gasteiger partial charge in [-0.2, -0.15) is 0 Å². The van der Waals surface area contributed by atoms with Crippen LogP contribution >= 0.6 is 22.6 Å². The minimum Gasteiger partial charge on any atom is -0.307 e. The summed E-state index contributed by atoms with van der Waals surface area (Å²) in [4.78, 5) is 0. The average molecular weight is 341 g/mol. The first-order chi connectivity index (χ1) is 8.31. The van der Waals surface area contributed by atoms with Crippen LogP contribution in [0.1, 0.15) is 44.2 Å². The molecule has 0 aliphatic heterocycles. The summed E-state index contributed by atoms with van der Waals surface area (Å²) in [6.45, 7) is 3.21. The molecule has 2 rings (SSSR count). The average Bonchev–Trinajstić information content (AvgIpc) is 2.37. The molecule has 0 saturated heterocycles. The molecule has 0 bridgehead atoms. The summed E-state index contributed by atoms with van der Waals surface area (Å²) >= 11 is 2.39. The van der Waals surface area contributed by atoms with Crippen molar-refractivity contribution in [1.82, 2.24) is 5.32 Å². The van der Waals surface area contributed by atoms with E-state index < -0.39 is 0 Å². The van der Waals surface area contributed by atoms with Crippen LogP contribution in [0.5, 0.6) is 0 Å². The zero-order chi connectivity index (χ0) is 12.1. The van der Waals surface area contributed by atoms with Gasteiger partial charge in [-0.15, -0.1) is 0 Å². The Morgan fingerprint density at radius 3 is 2.88 bits per heavy atom. The molecule has 1 nitrogen and oxygen atoms in total. The highest BCUT2D eigenvalue weighted by Gasteiger charge is 2.17. The Balaban J connectivity index is 2.24. The molecule has 0 spiro atoms. The van der Waals surface area contributed by atoms with Gasteiger partial charge in [0.1, 0.15) is 0 Å². The van der Waals surface area contributed by atoms with Crippen LogP contribution in [0.2, 0.25) is 0 Å². The molecular formula is C15H20IN. The lowest BCUT2D eigenvalue weighted by Gasteiger charge is -2.24. The van der Waals surface area contributed by atoms with Gasteiger partial charge in [-0.1, -0.05) is 30.7 Å². The lowest BCUT2D eigenvalue weighted by atomic mass is 9.90. The van der Waals surface area contributed by atoms with Gasteiger partial charge in [0, 0.05) is 3.57 Å². The monoisotopic (exact) mass is 341 g/mol. The smallest absolute Gasteiger partial charge is 0.0536 e. The second-order valence-corrected chi connectivity index (χ2v) is 5.82. The van der Waals surface area contributed by atoms with Crippen molar-refractivity contribution in [3.8, 4) is 0 Å². The fourth-order valence-corrected chi connectivity index (χ4v) is 3.05. The van der Waals surface area contributed by atoms with Crippen molar-refractivity contribution in [2.24, 2.45) is 0 Å². The number of benzene rings is 1. The summed E-state index contributed by atoms with van der Waals surface area (Å²) in [5.74, 6) is 0. The molecule has 0 aromatic heterocycles. The molecule has 1 aromatic carbocycles. The third-order valence-corrected chi connectivity index (χ3v) is 3.96. The lowest BCUT2D eigenvalue weighted by Crippen LogP contribution is -2.23. The van der Waals surface area contributed by atoms with Crippen LogP contribution in [0.3, 0.4) is 0 Å². The van der Waals surface area contributed by atoms with Gasteiger partial charge >= 0.3 is 0 Å². The van der Waals surface area contributed by atoms with Gasteiger partial charge in [-0.3, -0.25) is 0 Å². The summed E-state index contributed by atoms with van der Waals surface area (Å²) in [5.41, 5.74) is 2.99. The van der Waals surface area contributed by atoms with Crippen LogP contribution in [0.4, 0.5) is 0 Å². The predicted octanol–water partition coefficient (Wildman–Crippen LogP) is 4.44. The standard InChI is InChI=1S/C15H20IN/c1-2-17-15(12-7-4-3-5-8-12)13-9-6-10-14(16)11-13/h6-7,9-11,15,17H,2-5,8H2,1H3. The highest BCUT2D eigenvalue weighted by atomic mass is 127. The highest BCUT2D eigenvalue weighted by molar-refractivity contribution is 14.1. The van der Waals surface area contributed by atoms with E-state index in [-0.39, 0.29) is 0 Å². The number of halogens is 1. The maximum absolute atomic E-state index is 3.62. The maximum atomic E-state index is 3.62. The molecule has 17 heavy (non-hydrogen) atoms. The quantitative estimate of drug-likeness (QED) is 0.631. The van der Waals surface area contributed by atoms with Crippen molar-refractivity contribution >= 4 is 22.6 Å². The van der Waals surface area contributed by atoms with Gasteiger partial charge in [-0.25, -0.2) is 0 Å². The second kappa shape index (κ2) is 6.55. The van der Waals surface area contributed by atoms with Crippen LogP contribution < -0.4 is 5.32 Å². The molecule has 1 aromatic rings. The first kappa shape index (κ1) is 13.1. The van der Waals surface area contributed by atoms with E-state index in [1.54, 1.807) is 5.57 Å². The molecule has 1 N–H and O–H groups in total. The number of likely N-dealkylation sites (N-methyl/N-ethyl adjacent to an activating group) is 1. The lowest BCUT2D eigenvalue weighted by molar-refractivity contribution is 0.564. The van der Waals surface area contributed by atoms with Crippen molar-refractivity contribution in [3.63, 3.8) is 0 Å². The Hall–Kier alpha value is -0.350. The molecule has 1 aliphatic carbocycles. The van der Waals surface area contributed by atoms with E-state index in [9.17, 15) is 0 Å². The number of hydrogen-bond acceptors (Lipinski definition) is 1. The molecule has 0 fully saturated rings. The third-order valence-electron chi connectivity index (χ3n) is 3.29. The molecule has 1 unspecified atom stereocenters. The molecule has 92 valence electrons. The summed E-state index contributed by atoms with van der Waals surface area (Å²) < 4.78 is 1.32. The maximum Gasteiger partial charge on any atom is 0.0536 e. The van der Waals surface area contributed by atoms with Gasteiger partial charge in [0.15, 0.2) is 0 Å². The van der Waals surface area contributed by atoms with Gasteiger partial charge < -0.3 is 5.32 Å². The van der Waals surface area contributed by atoms with Crippen LogP contribution in [-0.2, 0) is 0 Å². The highest BCUT2D eigenvalue weighted by Crippen LogP contribution is 2.30. The Morgan fingerprint density at radius 2 is 2.24 bits per heavy atom. The molecule has 0 heterocycles. The first-order valence-corrected chi connectivity index (χ1v) is 7.57. The fourth-order valence-electron chi connectivity index (χ4n) is 2.48. The SMILES string of the molecule is CCNC(C1=CCCCC1)c1cccc(I)c1. The van der Waals surface area contributed by atoms with Crippen molar-refractivity contribution < 1.29 is 0 Å². The van der Waals surface area contributed by atoms with E-state index in [4.69, 9.17) is 0 Å². The van der Waals surface area contributed by atoms with Gasteiger partial charge in [0.05, 0.1) is 6.04 Å². The topological polar surface area (TPSA) is 12.0 Å². The summed E-state index contributed by atoms with van der Waals surface area (Å²) in [6, 6.07) is 9.27. The Labute approximate surface area is 118 Å². The Morgan fingerprint density at radius 1 is 1.35 bits per heavy atom. The number of nitrogens with one attached hydrogen (secondary N) is 1. The number of hydrogen-bond donors (Lipinski definition) is 1. The summed E-state index contributed by atoms with van der Waals surface area (Å²) in [6.07, 6.45) is 7.65. The van der Waals surface area contributed by atoms with Gasteiger partial charge in [0.25, 0.3) is 0 Å². The minimum absolute atomic E-state index is 0.426.